The third-order valence-corrected chi connectivity index (χ3v) is 3.07. The van der Waals surface area contributed by atoms with Crippen LogP contribution in [-0.2, 0) is 9.53 Å². The van der Waals surface area contributed by atoms with E-state index < -0.39 is 28.6 Å². The van der Waals surface area contributed by atoms with E-state index in [1.165, 1.54) is 20.1 Å². The molecule has 0 saturated heterocycles. The number of carbonyl (C=O) groups is 2. The molecule has 0 aliphatic rings. The second kappa shape index (κ2) is 9.26. The molecule has 0 spiro atoms. The molecule has 1 amide bonds. The van der Waals surface area contributed by atoms with Gasteiger partial charge in [0.2, 0.25) is 0 Å². The Labute approximate surface area is 144 Å². The van der Waals surface area contributed by atoms with Crippen LogP contribution in [-0.4, -0.2) is 43.2 Å². The zero-order valence-electron chi connectivity index (χ0n) is 14.2. The Kier molecular flexibility index (Phi) is 7.39. The van der Waals surface area contributed by atoms with Crippen LogP contribution in [0.3, 0.4) is 0 Å². The number of amides is 1. The van der Waals surface area contributed by atoms with E-state index in [2.05, 4.69) is 11.9 Å². The number of ether oxygens (including phenoxy) is 3. The van der Waals surface area contributed by atoms with Gasteiger partial charge in [-0.1, -0.05) is 6.08 Å². The summed E-state index contributed by atoms with van der Waals surface area (Å²) in [6.45, 7) is 6.98. The standard InChI is InChI=1S/C16H20N2O7/c1-5-7-17-15(19)10(3)25-16(20)11-8-13(23-4)14(24-6-2)9-12(11)18(21)22/h5,8-10H,1,6-7H2,2-4H3,(H,17,19)/t10-/m0/s1. The predicted molar refractivity (Wildman–Crippen MR) is 88.9 cm³/mol. The number of esters is 1. The normalized spacial score (nSPS) is 11.2. The van der Waals surface area contributed by atoms with E-state index in [1.807, 2.05) is 0 Å². The number of hydrogen-bond donors (Lipinski definition) is 1. The number of nitro benzene ring substituents is 1. The lowest BCUT2D eigenvalue weighted by Gasteiger charge is -2.14. The highest BCUT2D eigenvalue weighted by Gasteiger charge is 2.28. The monoisotopic (exact) mass is 352 g/mol. The fourth-order valence-corrected chi connectivity index (χ4v) is 1.89. The largest absolute Gasteiger partial charge is 0.493 e. The van der Waals surface area contributed by atoms with Crippen molar-refractivity contribution in [1.29, 1.82) is 0 Å². The number of hydrogen-bond acceptors (Lipinski definition) is 7. The van der Waals surface area contributed by atoms with Crippen molar-refractivity contribution < 1.29 is 28.7 Å². The van der Waals surface area contributed by atoms with Crippen LogP contribution in [0.15, 0.2) is 24.8 Å². The molecule has 0 radical (unpaired) electrons. The minimum atomic E-state index is -1.13. The summed E-state index contributed by atoms with van der Waals surface area (Å²) >= 11 is 0. The summed E-state index contributed by atoms with van der Waals surface area (Å²) in [7, 11) is 1.34. The number of rotatable bonds is 9. The van der Waals surface area contributed by atoms with E-state index in [-0.39, 0.29) is 30.2 Å². The summed E-state index contributed by atoms with van der Waals surface area (Å²) < 4.78 is 15.3. The maximum absolute atomic E-state index is 12.3. The van der Waals surface area contributed by atoms with Gasteiger partial charge in [0, 0.05) is 12.6 Å². The maximum Gasteiger partial charge on any atom is 0.346 e. The van der Waals surface area contributed by atoms with Gasteiger partial charge in [0.1, 0.15) is 5.56 Å². The summed E-state index contributed by atoms with van der Waals surface area (Å²) in [6.07, 6.45) is 0.332. The Bertz CT molecular complexity index is 673. The summed E-state index contributed by atoms with van der Waals surface area (Å²) in [4.78, 5) is 34.5. The molecule has 0 aliphatic carbocycles. The van der Waals surface area contributed by atoms with Crippen LogP contribution in [0.2, 0.25) is 0 Å². The molecule has 1 rings (SSSR count). The summed E-state index contributed by atoms with van der Waals surface area (Å²) in [5.41, 5.74) is -0.846. The average Bonchev–Trinajstić information content (AvgIpc) is 2.59. The Morgan fingerprint density at radius 1 is 1.40 bits per heavy atom. The first-order valence-electron chi connectivity index (χ1n) is 7.44. The molecule has 1 aromatic carbocycles. The van der Waals surface area contributed by atoms with E-state index >= 15 is 0 Å². The fraction of sp³-hybridized carbons (Fsp3) is 0.375. The molecular formula is C16H20N2O7. The van der Waals surface area contributed by atoms with Gasteiger partial charge in [-0.3, -0.25) is 14.9 Å². The van der Waals surface area contributed by atoms with Crippen LogP contribution < -0.4 is 14.8 Å². The van der Waals surface area contributed by atoms with Crippen molar-refractivity contribution in [2.75, 3.05) is 20.3 Å². The number of benzene rings is 1. The Morgan fingerprint density at radius 3 is 2.60 bits per heavy atom. The molecular weight excluding hydrogens is 332 g/mol. The van der Waals surface area contributed by atoms with Crippen LogP contribution >= 0.6 is 0 Å². The van der Waals surface area contributed by atoms with Crippen molar-refractivity contribution in [2.45, 2.75) is 20.0 Å². The Balaban J connectivity index is 3.12. The number of carbonyl (C=O) groups excluding carboxylic acids is 2. The molecule has 0 unspecified atom stereocenters. The van der Waals surface area contributed by atoms with Gasteiger partial charge < -0.3 is 19.5 Å². The minimum absolute atomic E-state index is 0.130. The van der Waals surface area contributed by atoms with Crippen molar-refractivity contribution in [2.24, 2.45) is 0 Å². The molecule has 0 aliphatic heterocycles. The van der Waals surface area contributed by atoms with Crippen LogP contribution in [0.1, 0.15) is 24.2 Å². The molecule has 0 fully saturated rings. The highest BCUT2D eigenvalue weighted by atomic mass is 16.6. The molecule has 1 N–H and O–H groups in total. The molecule has 1 atom stereocenters. The van der Waals surface area contributed by atoms with Crippen molar-refractivity contribution >= 4 is 17.6 Å². The van der Waals surface area contributed by atoms with E-state index in [0.717, 1.165) is 12.1 Å². The Morgan fingerprint density at radius 2 is 2.08 bits per heavy atom. The number of nitrogens with one attached hydrogen (secondary N) is 1. The molecule has 1 aromatic rings. The molecule has 9 nitrogen and oxygen atoms in total. The third kappa shape index (κ3) is 5.20. The number of nitrogens with zero attached hydrogens (tertiary/aromatic N) is 1. The first-order chi connectivity index (χ1) is 11.8. The maximum atomic E-state index is 12.3. The van der Waals surface area contributed by atoms with Crippen LogP contribution in [0.5, 0.6) is 11.5 Å². The van der Waals surface area contributed by atoms with E-state index in [1.54, 1.807) is 6.92 Å². The molecule has 0 aromatic heterocycles. The molecule has 136 valence electrons. The Hall–Kier alpha value is -3.10. The summed E-state index contributed by atoms with van der Waals surface area (Å²) in [5, 5.41) is 13.7. The molecule has 0 bridgehead atoms. The fourth-order valence-electron chi connectivity index (χ4n) is 1.89. The van der Waals surface area contributed by atoms with Gasteiger partial charge >= 0.3 is 5.97 Å². The van der Waals surface area contributed by atoms with Crippen molar-refractivity contribution in [3.8, 4) is 11.5 Å². The summed E-state index contributed by atoms with van der Waals surface area (Å²) in [5.74, 6) is -1.30. The van der Waals surface area contributed by atoms with E-state index in [0.29, 0.717) is 0 Å². The molecule has 9 heteroatoms. The van der Waals surface area contributed by atoms with Crippen LogP contribution in [0.25, 0.3) is 0 Å². The zero-order chi connectivity index (χ0) is 19.0. The quantitative estimate of drug-likeness (QED) is 0.312. The second-order valence-electron chi connectivity index (χ2n) is 4.79. The predicted octanol–water partition coefficient (Wildman–Crippen LogP) is 1.85. The topological polar surface area (TPSA) is 117 Å². The van der Waals surface area contributed by atoms with Gasteiger partial charge in [-0.15, -0.1) is 6.58 Å². The van der Waals surface area contributed by atoms with Gasteiger partial charge in [-0.2, -0.15) is 0 Å². The number of methoxy groups -OCH3 is 1. The number of nitro groups is 1. The molecule has 25 heavy (non-hydrogen) atoms. The van der Waals surface area contributed by atoms with Crippen molar-refractivity contribution in [1.82, 2.24) is 5.32 Å². The first-order valence-corrected chi connectivity index (χ1v) is 7.44. The zero-order valence-corrected chi connectivity index (χ0v) is 14.2. The van der Waals surface area contributed by atoms with E-state index in [9.17, 15) is 19.7 Å². The lowest BCUT2D eigenvalue weighted by atomic mass is 10.1. The van der Waals surface area contributed by atoms with Crippen LogP contribution in [0, 0.1) is 10.1 Å². The van der Waals surface area contributed by atoms with Gasteiger partial charge in [0.25, 0.3) is 11.6 Å². The molecule has 0 heterocycles. The third-order valence-electron chi connectivity index (χ3n) is 3.07. The highest BCUT2D eigenvalue weighted by molar-refractivity contribution is 5.96. The summed E-state index contributed by atoms with van der Waals surface area (Å²) in [6, 6.07) is 2.24. The van der Waals surface area contributed by atoms with Gasteiger partial charge in [0.15, 0.2) is 17.6 Å². The lowest BCUT2D eigenvalue weighted by molar-refractivity contribution is -0.385. The second-order valence-corrected chi connectivity index (χ2v) is 4.79. The molecule has 0 saturated carbocycles. The van der Waals surface area contributed by atoms with E-state index in [4.69, 9.17) is 14.2 Å². The minimum Gasteiger partial charge on any atom is -0.493 e. The first kappa shape index (κ1) is 19.9. The lowest BCUT2D eigenvalue weighted by Crippen LogP contribution is -2.35. The van der Waals surface area contributed by atoms with Gasteiger partial charge in [-0.05, 0) is 13.8 Å². The van der Waals surface area contributed by atoms with Gasteiger partial charge in [0.05, 0.1) is 24.7 Å². The SMILES string of the molecule is C=CCNC(=O)[C@H](C)OC(=O)c1cc(OC)c(OCC)cc1[N+](=O)[O-]. The highest BCUT2D eigenvalue weighted by Crippen LogP contribution is 2.35. The van der Waals surface area contributed by atoms with Crippen molar-refractivity contribution in [3.63, 3.8) is 0 Å². The van der Waals surface area contributed by atoms with Gasteiger partial charge in [-0.25, -0.2) is 4.79 Å². The average molecular weight is 352 g/mol. The smallest absolute Gasteiger partial charge is 0.346 e. The van der Waals surface area contributed by atoms with Crippen LogP contribution in [0.4, 0.5) is 5.69 Å². The van der Waals surface area contributed by atoms with Crippen molar-refractivity contribution in [3.05, 3.63) is 40.5 Å².